The number of carbonyl (C=O) groups excluding carboxylic acids is 1. The predicted octanol–water partition coefficient (Wildman–Crippen LogP) is 0.215. The highest BCUT2D eigenvalue weighted by Gasteiger charge is 2.24. The highest BCUT2D eigenvalue weighted by molar-refractivity contribution is 5.76. The molecule has 4 nitrogen and oxygen atoms in total. The zero-order valence-corrected chi connectivity index (χ0v) is 9.70. The Balaban J connectivity index is 2.35. The second kappa shape index (κ2) is 6.08. The predicted molar refractivity (Wildman–Crippen MR) is 59.5 cm³/mol. The van der Waals surface area contributed by atoms with Crippen molar-refractivity contribution in [2.24, 2.45) is 5.92 Å². The molecule has 0 aromatic heterocycles. The number of amides is 1. The normalized spacial score (nSPS) is 16.5. The number of nitrogens with zero attached hydrogens (tertiary/aromatic N) is 1. The summed E-state index contributed by atoms with van der Waals surface area (Å²) in [5, 5.41) is 11.9. The number of carbonyl (C=O) groups is 1. The van der Waals surface area contributed by atoms with E-state index in [2.05, 4.69) is 5.32 Å². The molecule has 0 aromatic rings. The molecule has 0 aliphatic carbocycles. The van der Waals surface area contributed by atoms with E-state index in [9.17, 15) is 4.79 Å². The molecule has 15 heavy (non-hydrogen) atoms. The SMILES string of the molecule is CC(C)N(CCCO)C(=O)CC1CNC1. The Morgan fingerprint density at radius 1 is 1.53 bits per heavy atom. The number of rotatable bonds is 6. The maximum absolute atomic E-state index is 11.9. The Hall–Kier alpha value is -0.610. The smallest absolute Gasteiger partial charge is 0.223 e. The number of hydrogen-bond donors (Lipinski definition) is 2. The first-order valence-electron chi connectivity index (χ1n) is 5.76. The van der Waals surface area contributed by atoms with Crippen LogP contribution in [0.2, 0.25) is 0 Å². The van der Waals surface area contributed by atoms with Crippen LogP contribution in [0.1, 0.15) is 26.7 Å². The topological polar surface area (TPSA) is 52.6 Å². The molecule has 0 aromatic carbocycles. The molecule has 0 atom stereocenters. The van der Waals surface area contributed by atoms with Gasteiger partial charge in [-0.1, -0.05) is 0 Å². The van der Waals surface area contributed by atoms with Crippen molar-refractivity contribution in [3.63, 3.8) is 0 Å². The van der Waals surface area contributed by atoms with Crippen LogP contribution in [0.3, 0.4) is 0 Å². The molecule has 88 valence electrons. The van der Waals surface area contributed by atoms with Crippen LogP contribution in [-0.2, 0) is 4.79 Å². The molecule has 1 aliphatic heterocycles. The molecule has 0 saturated carbocycles. The molecule has 1 fully saturated rings. The van der Waals surface area contributed by atoms with E-state index < -0.39 is 0 Å². The maximum atomic E-state index is 11.9. The molecule has 0 spiro atoms. The van der Waals surface area contributed by atoms with Crippen molar-refractivity contribution in [2.45, 2.75) is 32.7 Å². The van der Waals surface area contributed by atoms with Gasteiger partial charge in [0.15, 0.2) is 0 Å². The summed E-state index contributed by atoms with van der Waals surface area (Å²) in [6.45, 7) is 6.81. The Morgan fingerprint density at radius 2 is 2.20 bits per heavy atom. The van der Waals surface area contributed by atoms with E-state index >= 15 is 0 Å². The third-order valence-electron chi connectivity index (χ3n) is 2.83. The number of aliphatic hydroxyl groups excluding tert-OH is 1. The van der Waals surface area contributed by atoms with Gasteiger partial charge in [-0.3, -0.25) is 4.79 Å². The van der Waals surface area contributed by atoms with Crippen LogP contribution in [0.25, 0.3) is 0 Å². The molecule has 4 heteroatoms. The van der Waals surface area contributed by atoms with Gasteiger partial charge in [0.1, 0.15) is 0 Å². The van der Waals surface area contributed by atoms with Crippen LogP contribution in [0, 0.1) is 5.92 Å². The van der Waals surface area contributed by atoms with E-state index in [-0.39, 0.29) is 18.6 Å². The van der Waals surface area contributed by atoms with Crippen LogP contribution >= 0.6 is 0 Å². The van der Waals surface area contributed by atoms with Gasteiger partial charge in [-0.2, -0.15) is 0 Å². The summed E-state index contributed by atoms with van der Waals surface area (Å²) in [6.07, 6.45) is 1.32. The summed E-state index contributed by atoms with van der Waals surface area (Å²) < 4.78 is 0. The van der Waals surface area contributed by atoms with Crippen molar-refractivity contribution in [3.8, 4) is 0 Å². The summed E-state index contributed by atoms with van der Waals surface area (Å²) in [7, 11) is 0. The zero-order chi connectivity index (χ0) is 11.3. The second-order valence-corrected chi connectivity index (χ2v) is 4.49. The molecule has 0 radical (unpaired) electrons. The lowest BCUT2D eigenvalue weighted by molar-refractivity contribution is -0.134. The minimum atomic E-state index is 0.154. The van der Waals surface area contributed by atoms with Gasteiger partial charge in [0, 0.05) is 25.6 Å². The quantitative estimate of drug-likeness (QED) is 0.665. The summed E-state index contributed by atoms with van der Waals surface area (Å²) in [5.41, 5.74) is 0. The van der Waals surface area contributed by atoms with Crippen LogP contribution < -0.4 is 5.32 Å². The van der Waals surface area contributed by atoms with Crippen molar-refractivity contribution >= 4 is 5.91 Å². The highest BCUT2D eigenvalue weighted by Crippen LogP contribution is 2.12. The average Bonchev–Trinajstić information content (AvgIpc) is 2.11. The number of aliphatic hydroxyl groups is 1. The monoisotopic (exact) mass is 214 g/mol. The largest absolute Gasteiger partial charge is 0.396 e. The van der Waals surface area contributed by atoms with Gasteiger partial charge < -0.3 is 15.3 Å². The standard InChI is InChI=1S/C11H22N2O2/c1-9(2)13(4-3-5-14)11(15)6-10-7-12-8-10/h9-10,12,14H,3-8H2,1-2H3. The van der Waals surface area contributed by atoms with Gasteiger partial charge in [-0.25, -0.2) is 0 Å². The number of hydrogen-bond acceptors (Lipinski definition) is 3. The van der Waals surface area contributed by atoms with Crippen molar-refractivity contribution in [1.29, 1.82) is 0 Å². The summed E-state index contributed by atoms with van der Waals surface area (Å²) >= 11 is 0. The third-order valence-corrected chi connectivity index (χ3v) is 2.83. The molecule has 1 rings (SSSR count). The van der Waals surface area contributed by atoms with Gasteiger partial charge in [0.25, 0.3) is 0 Å². The van der Waals surface area contributed by atoms with Crippen LogP contribution in [0.5, 0.6) is 0 Å². The van der Waals surface area contributed by atoms with Crippen molar-refractivity contribution in [1.82, 2.24) is 10.2 Å². The molecule has 1 saturated heterocycles. The van der Waals surface area contributed by atoms with Crippen molar-refractivity contribution < 1.29 is 9.90 Å². The Bertz CT molecular complexity index is 203. The summed E-state index contributed by atoms with van der Waals surface area (Å²) in [4.78, 5) is 13.8. The van der Waals surface area contributed by atoms with E-state index in [0.29, 0.717) is 25.3 Å². The van der Waals surface area contributed by atoms with Crippen molar-refractivity contribution in [2.75, 3.05) is 26.2 Å². The molecular weight excluding hydrogens is 192 g/mol. The number of nitrogens with one attached hydrogen (secondary N) is 1. The first kappa shape index (κ1) is 12.5. The fourth-order valence-corrected chi connectivity index (χ4v) is 1.77. The third kappa shape index (κ3) is 3.80. The Kier molecular flexibility index (Phi) is 5.05. The summed E-state index contributed by atoms with van der Waals surface area (Å²) in [5.74, 6) is 0.748. The van der Waals surface area contributed by atoms with E-state index in [4.69, 9.17) is 5.11 Å². The van der Waals surface area contributed by atoms with Crippen LogP contribution in [-0.4, -0.2) is 48.2 Å². The van der Waals surface area contributed by atoms with E-state index in [0.717, 1.165) is 13.1 Å². The van der Waals surface area contributed by atoms with Gasteiger partial charge in [-0.15, -0.1) is 0 Å². The lowest BCUT2D eigenvalue weighted by Crippen LogP contribution is -2.46. The Morgan fingerprint density at radius 3 is 2.60 bits per heavy atom. The van der Waals surface area contributed by atoms with Gasteiger partial charge >= 0.3 is 0 Å². The van der Waals surface area contributed by atoms with Gasteiger partial charge in [0.2, 0.25) is 5.91 Å². The lowest BCUT2D eigenvalue weighted by atomic mass is 9.98. The van der Waals surface area contributed by atoms with E-state index in [1.807, 2.05) is 18.7 Å². The molecule has 1 heterocycles. The molecule has 0 bridgehead atoms. The Labute approximate surface area is 91.6 Å². The minimum Gasteiger partial charge on any atom is -0.396 e. The molecule has 1 amide bonds. The van der Waals surface area contributed by atoms with E-state index in [1.165, 1.54) is 0 Å². The van der Waals surface area contributed by atoms with Crippen LogP contribution in [0.15, 0.2) is 0 Å². The molecular formula is C11H22N2O2. The van der Waals surface area contributed by atoms with Gasteiger partial charge in [0.05, 0.1) is 0 Å². The van der Waals surface area contributed by atoms with Gasteiger partial charge in [-0.05, 0) is 39.3 Å². The van der Waals surface area contributed by atoms with Crippen molar-refractivity contribution in [3.05, 3.63) is 0 Å². The first-order valence-corrected chi connectivity index (χ1v) is 5.76. The van der Waals surface area contributed by atoms with Crippen LogP contribution in [0.4, 0.5) is 0 Å². The molecule has 1 aliphatic rings. The molecule has 2 N–H and O–H groups in total. The highest BCUT2D eigenvalue weighted by atomic mass is 16.3. The fraction of sp³-hybridized carbons (Fsp3) is 0.909. The maximum Gasteiger partial charge on any atom is 0.223 e. The lowest BCUT2D eigenvalue weighted by Gasteiger charge is -2.32. The first-order chi connectivity index (χ1) is 7.15. The van der Waals surface area contributed by atoms with E-state index in [1.54, 1.807) is 0 Å². The summed E-state index contributed by atoms with van der Waals surface area (Å²) in [6, 6.07) is 0.233. The average molecular weight is 214 g/mol. The second-order valence-electron chi connectivity index (χ2n) is 4.49. The zero-order valence-electron chi connectivity index (χ0n) is 9.70. The minimum absolute atomic E-state index is 0.154. The fourth-order valence-electron chi connectivity index (χ4n) is 1.77. The molecule has 0 unspecified atom stereocenters.